The number of fused-ring (bicyclic) bond motifs is 1. The first-order valence-corrected chi connectivity index (χ1v) is 16.4. The van der Waals surface area contributed by atoms with Gasteiger partial charge in [0.05, 0.1) is 12.2 Å². The molecule has 252 valence electrons. The summed E-state index contributed by atoms with van der Waals surface area (Å²) < 4.78 is 37.1. The third-order valence-corrected chi connectivity index (χ3v) is 8.27. The molecule has 6 aromatic rings. The molecule has 8 heteroatoms. The Bertz CT molecular complexity index is 2110. The van der Waals surface area contributed by atoms with E-state index in [4.69, 9.17) is 28.1 Å². The SMILES string of the molecule is CC1O[C@@H](Oc2c(-c3ccc(OCc4ccccc4)cc3)oc3cc(OCc4ccccc4)cc(OCc4ccccc4)c3c2=O)C=C[C@H]1O. The van der Waals surface area contributed by atoms with E-state index >= 15 is 0 Å². The van der Waals surface area contributed by atoms with Gasteiger partial charge in [0.15, 0.2) is 5.76 Å². The van der Waals surface area contributed by atoms with E-state index in [1.807, 2.05) is 115 Å². The molecule has 5 aromatic carbocycles. The number of ether oxygens (including phenoxy) is 5. The molecule has 0 radical (unpaired) electrons. The molecule has 1 unspecified atom stereocenters. The van der Waals surface area contributed by atoms with Gasteiger partial charge in [-0.2, -0.15) is 0 Å². The van der Waals surface area contributed by atoms with Gasteiger partial charge in [0, 0.05) is 17.7 Å². The van der Waals surface area contributed by atoms with Crippen LogP contribution < -0.4 is 24.4 Å². The fraction of sp³-hybridized carbons (Fsp3) is 0.167. The molecule has 0 spiro atoms. The molecule has 8 nitrogen and oxygen atoms in total. The van der Waals surface area contributed by atoms with Crippen molar-refractivity contribution in [2.24, 2.45) is 0 Å². The van der Waals surface area contributed by atoms with E-state index in [2.05, 4.69) is 0 Å². The highest BCUT2D eigenvalue weighted by Gasteiger charge is 2.28. The molecule has 1 aliphatic heterocycles. The highest BCUT2D eigenvalue weighted by atomic mass is 16.7. The van der Waals surface area contributed by atoms with Crippen LogP contribution in [0.25, 0.3) is 22.3 Å². The summed E-state index contributed by atoms with van der Waals surface area (Å²) in [7, 11) is 0. The van der Waals surface area contributed by atoms with Crippen LogP contribution in [0.5, 0.6) is 23.0 Å². The number of aliphatic hydroxyl groups excluding tert-OH is 1. The fourth-order valence-corrected chi connectivity index (χ4v) is 5.54. The van der Waals surface area contributed by atoms with Crippen molar-refractivity contribution >= 4 is 11.0 Å². The van der Waals surface area contributed by atoms with Crippen LogP contribution >= 0.6 is 0 Å². The lowest BCUT2D eigenvalue weighted by Crippen LogP contribution is -2.36. The monoisotopic (exact) mass is 668 g/mol. The van der Waals surface area contributed by atoms with Gasteiger partial charge >= 0.3 is 0 Å². The Balaban J connectivity index is 1.29. The summed E-state index contributed by atoms with van der Waals surface area (Å²) in [5.41, 5.74) is 3.36. The maximum Gasteiger partial charge on any atom is 0.239 e. The van der Waals surface area contributed by atoms with E-state index in [1.54, 1.807) is 31.2 Å². The van der Waals surface area contributed by atoms with E-state index in [9.17, 15) is 9.90 Å². The predicted molar refractivity (Wildman–Crippen MR) is 190 cm³/mol. The van der Waals surface area contributed by atoms with Crippen molar-refractivity contribution in [2.45, 2.75) is 45.2 Å². The van der Waals surface area contributed by atoms with Crippen LogP contribution in [0, 0.1) is 0 Å². The van der Waals surface area contributed by atoms with Crippen molar-refractivity contribution in [3.63, 3.8) is 0 Å². The van der Waals surface area contributed by atoms with Crippen LogP contribution in [-0.4, -0.2) is 23.6 Å². The number of benzene rings is 5. The van der Waals surface area contributed by atoms with Gasteiger partial charge in [0.25, 0.3) is 0 Å². The Morgan fingerprint density at radius 3 is 1.80 bits per heavy atom. The molecule has 1 N–H and O–H groups in total. The summed E-state index contributed by atoms with van der Waals surface area (Å²) in [6, 6.07) is 40.0. The van der Waals surface area contributed by atoms with Crippen LogP contribution in [0.4, 0.5) is 0 Å². The normalized spacial score (nSPS) is 17.0. The van der Waals surface area contributed by atoms with Crippen molar-refractivity contribution in [1.82, 2.24) is 0 Å². The van der Waals surface area contributed by atoms with Crippen LogP contribution in [0.2, 0.25) is 0 Å². The molecule has 7 rings (SSSR count). The number of aliphatic hydroxyl groups is 1. The van der Waals surface area contributed by atoms with E-state index in [-0.39, 0.29) is 34.8 Å². The van der Waals surface area contributed by atoms with Gasteiger partial charge in [-0.05, 0) is 54.0 Å². The molecule has 0 bridgehead atoms. The molecule has 0 saturated heterocycles. The summed E-state index contributed by atoms with van der Waals surface area (Å²) >= 11 is 0. The standard InChI is InChI=1S/C42H36O8/c1-28-35(43)21-22-38(48-28)50-42-40(44)39-36(47-27-31-15-9-4-10-16-31)23-34(46-26-30-13-7-3-8-14-30)24-37(39)49-41(42)32-17-19-33(20-18-32)45-25-29-11-5-2-6-12-29/h2-24,28,35,38,43H,25-27H2,1H3/t28?,35-,38+/m1/s1. The van der Waals surface area contributed by atoms with Gasteiger partial charge < -0.3 is 33.2 Å². The minimum atomic E-state index is -0.942. The lowest BCUT2D eigenvalue weighted by atomic mass is 10.1. The Labute approximate surface area is 289 Å². The lowest BCUT2D eigenvalue weighted by molar-refractivity contribution is -0.122. The highest BCUT2D eigenvalue weighted by Crippen LogP contribution is 2.38. The zero-order valence-corrected chi connectivity index (χ0v) is 27.4. The van der Waals surface area contributed by atoms with Crippen LogP contribution in [0.15, 0.2) is 149 Å². The minimum Gasteiger partial charge on any atom is -0.489 e. The van der Waals surface area contributed by atoms with Gasteiger partial charge in [0.2, 0.25) is 17.5 Å². The molecular formula is C42H36O8. The molecule has 3 atom stereocenters. The Morgan fingerprint density at radius 1 is 0.660 bits per heavy atom. The summed E-state index contributed by atoms with van der Waals surface area (Å²) in [5, 5.41) is 10.4. The zero-order chi connectivity index (χ0) is 34.3. The smallest absolute Gasteiger partial charge is 0.239 e. The highest BCUT2D eigenvalue weighted by molar-refractivity contribution is 5.88. The number of hydrogen-bond acceptors (Lipinski definition) is 8. The number of hydrogen-bond donors (Lipinski definition) is 1. The van der Waals surface area contributed by atoms with Crippen LogP contribution in [-0.2, 0) is 24.6 Å². The van der Waals surface area contributed by atoms with Crippen LogP contribution in [0.1, 0.15) is 23.6 Å². The predicted octanol–water partition coefficient (Wildman–Crippen LogP) is 8.24. The third-order valence-electron chi connectivity index (χ3n) is 8.27. The molecule has 2 heterocycles. The molecule has 0 saturated carbocycles. The van der Waals surface area contributed by atoms with E-state index in [1.165, 1.54) is 0 Å². The molecule has 0 aliphatic carbocycles. The second kappa shape index (κ2) is 15.2. The average Bonchev–Trinajstić information content (AvgIpc) is 3.16. The molecule has 0 fully saturated rings. The van der Waals surface area contributed by atoms with Crippen molar-refractivity contribution < 1.29 is 33.2 Å². The second-order valence-electron chi connectivity index (χ2n) is 11.9. The van der Waals surface area contributed by atoms with E-state index in [0.717, 1.165) is 16.7 Å². The first kappa shape index (κ1) is 32.7. The largest absolute Gasteiger partial charge is 0.489 e. The van der Waals surface area contributed by atoms with Gasteiger partial charge in [-0.15, -0.1) is 0 Å². The van der Waals surface area contributed by atoms with Crippen molar-refractivity contribution in [3.05, 3.63) is 166 Å². The molecule has 1 aromatic heterocycles. The van der Waals surface area contributed by atoms with Crippen molar-refractivity contribution in [1.29, 1.82) is 0 Å². The second-order valence-corrected chi connectivity index (χ2v) is 11.9. The van der Waals surface area contributed by atoms with Gasteiger partial charge in [-0.25, -0.2) is 0 Å². The molecule has 0 amide bonds. The lowest BCUT2D eigenvalue weighted by Gasteiger charge is -2.27. The first-order valence-electron chi connectivity index (χ1n) is 16.4. The Hall–Kier alpha value is -5.83. The quantitative estimate of drug-likeness (QED) is 0.130. The Kier molecular flexibility index (Phi) is 9.91. The van der Waals surface area contributed by atoms with Crippen molar-refractivity contribution in [3.8, 4) is 34.3 Å². The van der Waals surface area contributed by atoms with Crippen molar-refractivity contribution in [2.75, 3.05) is 0 Å². The third kappa shape index (κ3) is 7.73. The molecule has 50 heavy (non-hydrogen) atoms. The van der Waals surface area contributed by atoms with Gasteiger partial charge in [-0.1, -0.05) is 97.1 Å². The summed E-state index contributed by atoms with van der Waals surface area (Å²) in [6.45, 7) is 2.66. The van der Waals surface area contributed by atoms with Gasteiger partial charge in [-0.3, -0.25) is 4.79 Å². The average molecular weight is 669 g/mol. The first-order chi connectivity index (χ1) is 24.5. The fourth-order valence-electron chi connectivity index (χ4n) is 5.54. The number of rotatable bonds is 12. The molecule has 1 aliphatic rings. The minimum absolute atomic E-state index is 0.0591. The summed E-state index contributed by atoms with van der Waals surface area (Å²) in [6.07, 6.45) is 0.883. The van der Waals surface area contributed by atoms with E-state index in [0.29, 0.717) is 30.3 Å². The van der Waals surface area contributed by atoms with Gasteiger partial charge in [0.1, 0.15) is 48.0 Å². The zero-order valence-electron chi connectivity index (χ0n) is 27.4. The molecular weight excluding hydrogens is 632 g/mol. The summed E-state index contributed by atoms with van der Waals surface area (Å²) in [5.74, 6) is 1.54. The maximum atomic E-state index is 14.5. The van der Waals surface area contributed by atoms with Crippen LogP contribution in [0.3, 0.4) is 0 Å². The maximum absolute atomic E-state index is 14.5. The van der Waals surface area contributed by atoms with E-state index < -0.39 is 23.9 Å². The Morgan fingerprint density at radius 2 is 1.22 bits per heavy atom. The topological polar surface area (TPSA) is 96.6 Å². The summed E-state index contributed by atoms with van der Waals surface area (Å²) in [4.78, 5) is 14.5.